The normalized spacial score (nSPS) is 17.6. The molecule has 1 amide bonds. The SMILES string of the molecule is O=C1NC(=S)S/C1=C\c1cc(Br)cc(Cl)c1O. The highest BCUT2D eigenvalue weighted by atomic mass is 79.9. The second kappa shape index (κ2) is 4.97. The molecule has 1 fully saturated rings. The number of rotatable bonds is 1. The van der Waals surface area contributed by atoms with Gasteiger partial charge in [0.2, 0.25) is 0 Å². The Labute approximate surface area is 120 Å². The molecule has 1 aliphatic heterocycles. The first-order chi connectivity index (χ1) is 7.97. The molecule has 0 bridgehead atoms. The smallest absolute Gasteiger partial charge is 0.263 e. The number of halogens is 2. The Morgan fingerprint density at radius 1 is 1.53 bits per heavy atom. The largest absolute Gasteiger partial charge is 0.506 e. The van der Waals surface area contributed by atoms with Crippen LogP contribution in [0.15, 0.2) is 21.5 Å². The fourth-order valence-electron chi connectivity index (χ4n) is 1.26. The van der Waals surface area contributed by atoms with Crippen molar-refractivity contribution in [3.8, 4) is 5.75 Å². The lowest BCUT2D eigenvalue weighted by Crippen LogP contribution is -2.17. The van der Waals surface area contributed by atoms with Gasteiger partial charge in [-0.15, -0.1) is 0 Å². The van der Waals surface area contributed by atoms with Gasteiger partial charge in [-0.2, -0.15) is 0 Å². The molecule has 0 unspecified atom stereocenters. The third kappa shape index (κ3) is 2.82. The highest BCUT2D eigenvalue weighted by molar-refractivity contribution is 9.10. The quantitative estimate of drug-likeness (QED) is 0.603. The van der Waals surface area contributed by atoms with Gasteiger partial charge in [0, 0.05) is 10.0 Å². The van der Waals surface area contributed by atoms with Gasteiger partial charge in [-0.3, -0.25) is 4.79 Å². The van der Waals surface area contributed by atoms with Gasteiger partial charge < -0.3 is 10.4 Å². The number of amides is 1. The van der Waals surface area contributed by atoms with Crippen LogP contribution in [-0.4, -0.2) is 15.3 Å². The first kappa shape index (κ1) is 12.9. The monoisotopic (exact) mass is 349 g/mol. The van der Waals surface area contributed by atoms with E-state index in [-0.39, 0.29) is 16.7 Å². The van der Waals surface area contributed by atoms with Gasteiger partial charge in [-0.05, 0) is 18.2 Å². The highest BCUT2D eigenvalue weighted by Gasteiger charge is 2.22. The number of carbonyl (C=O) groups is 1. The summed E-state index contributed by atoms with van der Waals surface area (Å²) in [6, 6.07) is 3.24. The summed E-state index contributed by atoms with van der Waals surface area (Å²) >= 11 is 15.1. The van der Waals surface area contributed by atoms with Crippen LogP contribution in [0.25, 0.3) is 6.08 Å². The van der Waals surface area contributed by atoms with Crippen LogP contribution < -0.4 is 5.32 Å². The summed E-state index contributed by atoms with van der Waals surface area (Å²) in [6.07, 6.45) is 1.55. The van der Waals surface area contributed by atoms with E-state index in [4.69, 9.17) is 23.8 Å². The van der Waals surface area contributed by atoms with Gasteiger partial charge >= 0.3 is 0 Å². The second-order valence-corrected chi connectivity index (χ2v) is 6.22. The number of carbonyl (C=O) groups excluding carboxylic acids is 1. The third-order valence-electron chi connectivity index (χ3n) is 1.99. The standard InChI is InChI=1S/C10H5BrClNO2S2/c11-5-1-4(8(14)6(12)3-5)2-7-9(15)13-10(16)17-7/h1-3,14H,(H,13,15,16)/b7-2-. The minimum absolute atomic E-state index is 0.0615. The van der Waals surface area contributed by atoms with Gasteiger partial charge in [-0.1, -0.05) is 51.5 Å². The number of nitrogens with one attached hydrogen (secondary N) is 1. The molecule has 0 aliphatic carbocycles. The van der Waals surface area contributed by atoms with Crippen molar-refractivity contribution in [3.63, 3.8) is 0 Å². The van der Waals surface area contributed by atoms with E-state index in [1.165, 1.54) is 0 Å². The predicted octanol–water partition coefficient (Wildman–Crippen LogP) is 3.30. The van der Waals surface area contributed by atoms with Crippen molar-refractivity contribution in [2.75, 3.05) is 0 Å². The fourth-order valence-corrected chi connectivity index (χ4v) is 3.13. The molecule has 7 heteroatoms. The molecule has 1 heterocycles. The number of thiocarbonyl (C=S) groups is 1. The molecule has 3 nitrogen and oxygen atoms in total. The van der Waals surface area contributed by atoms with E-state index in [9.17, 15) is 9.90 Å². The lowest BCUT2D eigenvalue weighted by atomic mass is 10.2. The topological polar surface area (TPSA) is 49.3 Å². The number of hydrogen-bond donors (Lipinski definition) is 2. The van der Waals surface area contributed by atoms with E-state index >= 15 is 0 Å². The second-order valence-electron chi connectivity index (χ2n) is 3.18. The molecule has 0 saturated carbocycles. The molecule has 0 aromatic heterocycles. The molecule has 2 N–H and O–H groups in total. The summed E-state index contributed by atoms with van der Waals surface area (Å²) in [6.45, 7) is 0. The van der Waals surface area contributed by atoms with Gasteiger partial charge in [0.05, 0.1) is 9.93 Å². The van der Waals surface area contributed by atoms with Crippen molar-refractivity contribution in [2.24, 2.45) is 0 Å². The van der Waals surface area contributed by atoms with E-state index in [0.717, 1.165) is 16.2 Å². The Kier molecular flexibility index (Phi) is 3.77. The Balaban J connectivity index is 2.46. The number of phenols is 1. The van der Waals surface area contributed by atoms with Crippen LogP contribution >= 0.6 is 51.5 Å². The highest BCUT2D eigenvalue weighted by Crippen LogP contribution is 2.35. The van der Waals surface area contributed by atoms with Crippen molar-refractivity contribution in [3.05, 3.63) is 32.1 Å². The molecule has 1 aliphatic rings. The molecule has 88 valence electrons. The lowest BCUT2D eigenvalue weighted by Gasteiger charge is -2.03. The first-order valence-electron chi connectivity index (χ1n) is 4.40. The van der Waals surface area contributed by atoms with Crippen LogP contribution in [0.5, 0.6) is 5.75 Å². The van der Waals surface area contributed by atoms with Crippen molar-refractivity contribution >= 4 is 67.8 Å². The number of aromatic hydroxyl groups is 1. The summed E-state index contributed by atoms with van der Waals surface area (Å²) in [5.74, 6) is -0.330. The molecule has 2 rings (SSSR count). The van der Waals surface area contributed by atoms with Crippen LogP contribution in [0.4, 0.5) is 0 Å². The summed E-state index contributed by atoms with van der Waals surface area (Å²) in [4.78, 5) is 11.9. The van der Waals surface area contributed by atoms with Crippen molar-refractivity contribution in [1.82, 2.24) is 5.32 Å². The number of phenolic OH excluding ortho intramolecular Hbond substituents is 1. The molecular weight excluding hydrogens is 346 g/mol. The first-order valence-corrected chi connectivity index (χ1v) is 6.80. The summed E-state index contributed by atoms with van der Waals surface area (Å²) in [5, 5.41) is 12.5. The molecule has 1 aromatic rings. The number of thioether (sulfide) groups is 1. The van der Waals surface area contributed by atoms with E-state index in [1.807, 2.05) is 0 Å². The minimum Gasteiger partial charge on any atom is -0.506 e. The molecular formula is C10H5BrClNO2S2. The molecule has 1 saturated heterocycles. The maximum atomic E-state index is 11.5. The zero-order chi connectivity index (χ0) is 12.6. The Bertz CT molecular complexity index is 559. The maximum absolute atomic E-state index is 11.5. The summed E-state index contributed by atoms with van der Waals surface area (Å²) in [5.41, 5.74) is 0.465. The summed E-state index contributed by atoms with van der Waals surface area (Å²) < 4.78 is 1.12. The Morgan fingerprint density at radius 2 is 2.24 bits per heavy atom. The van der Waals surface area contributed by atoms with Gasteiger partial charge in [0.15, 0.2) is 0 Å². The van der Waals surface area contributed by atoms with Crippen molar-refractivity contribution in [2.45, 2.75) is 0 Å². The molecule has 17 heavy (non-hydrogen) atoms. The summed E-state index contributed by atoms with van der Waals surface area (Å²) in [7, 11) is 0. The van der Waals surface area contributed by atoms with Crippen LogP contribution in [0.2, 0.25) is 5.02 Å². The third-order valence-corrected chi connectivity index (χ3v) is 3.89. The van der Waals surface area contributed by atoms with Crippen LogP contribution in [0.1, 0.15) is 5.56 Å². The van der Waals surface area contributed by atoms with Crippen LogP contribution in [0, 0.1) is 0 Å². The van der Waals surface area contributed by atoms with E-state index in [2.05, 4.69) is 21.2 Å². The molecule has 1 aromatic carbocycles. The zero-order valence-corrected chi connectivity index (χ0v) is 12.1. The fraction of sp³-hybridized carbons (Fsp3) is 0. The lowest BCUT2D eigenvalue weighted by molar-refractivity contribution is -0.115. The zero-order valence-electron chi connectivity index (χ0n) is 8.16. The average molecular weight is 351 g/mol. The average Bonchev–Trinajstić information content (AvgIpc) is 2.53. The predicted molar refractivity (Wildman–Crippen MR) is 77.1 cm³/mol. The van der Waals surface area contributed by atoms with Crippen LogP contribution in [-0.2, 0) is 4.79 Å². The number of hydrogen-bond acceptors (Lipinski definition) is 4. The molecule has 0 atom stereocenters. The molecule has 0 radical (unpaired) electrons. The van der Waals surface area contributed by atoms with E-state index in [0.29, 0.717) is 14.8 Å². The van der Waals surface area contributed by atoms with Gasteiger partial charge in [0.25, 0.3) is 5.91 Å². The van der Waals surface area contributed by atoms with Crippen LogP contribution in [0.3, 0.4) is 0 Å². The van der Waals surface area contributed by atoms with Crippen molar-refractivity contribution in [1.29, 1.82) is 0 Å². The van der Waals surface area contributed by atoms with Gasteiger partial charge in [-0.25, -0.2) is 0 Å². The Hall–Kier alpha value is -0.560. The van der Waals surface area contributed by atoms with E-state index < -0.39 is 0 Å². The minimum atomic E-state index is -0.268. The van der Waals surface area contributed by atoms with Crippen molar-refractivity contribution < 1.29 is 9.90 Å². The Morgan fingerprint density at radius 3 is 2.82 bits per heavy atom. The molecule has 0 spiro atoms. The maximum Gasteiger partial charge on any atom is 0.263 e. The van der Waals surface area contributed by atoms with Gasteiger partial charge in [0.1, 0.15) is 10.1 Å². The van der Waals surface area contributed by atoms with E-state index in [1.54, 1.807) is 18.2 Å². The number of benzene rings is 1.